The Balaban J connectivity index is 2.55. The van der Waals surface area contributed by atoms with Crippen molar-refractivity contribution in [3.05, 3.63) is 0 Å². The number of aliphatic hydroxyl groups is 1. The lowest BCUT2D eigenvalue weighted by molar-refractivity contribution is 0.0432. The summed E-state index contributed by atoms with van der Waals surface area (Å²) in [6.45, 7) is 18.1. The van der Waals surface area contributed by atoms with E-state index in [0.29, 0.717) is 18.1 Å². The van der Waals surface area contributed by atoms with Crippen LogP contribution in [-0.4, -0.2) is 71.4 Å². The van der Waals surface area contributed by atoms with Crippen LogP contribution >= 0.6 is 0 Å². The van der Waals surface area contributed by atoms with Gasteiger partial charge in [0.15, 0.2) is 0 Å². The lowest BCUT2D eigenvalue weighted by Crippen LogP contribution is -2.57. The molecule has 4 nitrogen and oxygen atoms in total. The van der Waals surface area contributed by atoms with Crippen molar-refractivity contribution in [1.29, 1.82) is 0 Å². The maximum Gasteiger partial charge on any atom is 0.0611 e. The second-order valence-electron chi connectivity index (χ2n) is 7.04. The van der Waals surface area contributed by atoms with Crippen molar-refractivity contribution >= 4 is 0 Å². The number of nitrogens with zero attached hydrogens (tertiary/aromatic N) is 2. The molecule has 0 aliphatic carbocycles. The molecule has 120 valence electrons. The summed E-state index contributed by atoms with van der Waals surface area (Å²) in [6, 6.07) is 1.53. The molecule has 0 bridgehead atoms. The zero-order chi connectivity index (χ0) is 15.3. The zero-order valence-electron chi connectivity index (χ0n) is 14.3. The highest BCUT2D eigenvalue weighted by molar-refractivity contribution is 4.90. The molecule has 0 spiro atoms. The molecule has 0 aromatic carbocycles. The van der Waals surface area contributed by atoms with Gasteiger partial charge in [-0.15, -0.1) is 0 Å². The van der Waals surface area contributed by atoms with Gasteiger partial charge in [-0.05, 0) is 33.7 Å². The van der Waals surface area contributed by atoms with Crippen molar-refractivity contribution in [3.63, 3.8) is 0 Å². The highest BCUT2D eigenvalue weighted by Gasteiger charge is 2.31. The maximum absolute atomic E-state index is 9.72. The van der Waals surface area contributed by atoms with Gasteiger partial charge < -0.3 is 10.4 Å². The summed E-state index contributed by atoms with van der Waals surface area (Å²) < 4.78 is 0. The summed E-state index contributed by atoms with van der Waals surface area (Å²) in [7, 11) is 0. The van der Waals surface area contributed by atoms with Crippen molar-refractivity contribution in [2.45, 2.75) is 71.6 Å². The second kappa shape index (κ2) is 7.74. The third-order valence-electron chi connectivity index (χ3n) is 4.56. The standard InChI is InChI=1S/C16H35N3O/c1-7-18-8-9-19(11-15(18)5)14(4)10-16(6,12-20)17-13(2)3/h13-15,17,20H,7-12H2,1-6H3. The van der Waals surface area contributed by atoms with Gasteiger partial charge in [-0.3, -0.25) is 9.80 Å². The number of nitrogens with one attached hydrogen (secondary N) is 1. The smallest absolute Gasteiger partial charge is 0.0611 e. The summed E-state index contributed by atoms with van der Waals surface area (Å²) in [5.74, 6) is 0. The first kappa shape index (κ1) is 17.9. The van der Waals surface area contributed by atoms with Gasteiger partial charge in [0.05, 0.1) is 6.61 Å². The topological polar surface area (TPSA) is 38.7 Å². The van der Waals surface area contributed by atoms with Gasteiger partial charge in [0, 0.05) is 43.3 Å². The third-order valence-corrected chi connectivity index (χ3v) is 4.56. The Hall–Kier alpha value is -0.160. The number of hydrogen-bond acceptors (Lipinski definition) is 4. The Morgan fingerprint density at radius 1 is 1.30 bits per heavy atom. The lowest BCUT2D eigenvalue weighted by atomic mass is 9.92. The first-order valence-corrected chi connectivity index (χ1v) is 8.18. The van der Waals surface area contributed by atoms with E-state index in [1.165, 1.54) is 0 Å². The fourth-order valence-corrected chi connectivity index (χ4v) is 3.54. The molecule has 3 atom stereocenters. The van der Waals surface area contributed by atoms with Crippen LogP contribution in [0, 0.1) is 0 Å². The summed E-state index contributed by atoms with van der Waals surface area (Å²) in [6.07, 6.45) is 0.987. The zero-order valence-corrected chi connectivity index (χ0v) is 14.3. The molecule has 1 aliphatic rings. The van der Waals surface area contributed by atoms with E-state index in [1.807, 2.05) is 0 Å². The molecule has 3 unspecified atom stereocenters. The molecule has 4 heteroatoms. The molecule has 2 N–H and O–H groups in total. The SMILES string of the molecule is CCN1CCN(C(C)CC(C)(CO)NC(C)C)CC1C. The minimum absolute atomic E-state index is 0.182. The van der Waals surface area contributed by atoms with Crippen LogP contribution in [0.15, 0.2) is 0 Å². The molecule has 0 aromatic heterocycles. The van der Waals surface area contributed by atoms with E-state index in [0.717, 1.165) is 32.6 Å². The third kappa shape index (κ3) is 4.99. The molecule has 0 radical (unpaired) electrons. The fraction of sp³-hybridized carbons (Fsp3) is 1.00. The van der Waals surface area contributed by atoms with Gasteiger partial charge in [-0.2, -0.15) is 0 Å². The minimum atomic E-state index is -0.182. The van der Waals surface area contributed by atoms with Crippen molar-refractivity contribution in [3.8, 4) is 0 Å². The van der Waals surface area contributed by atoms with E-state index in [-0.39, 0.29) is 12.1 Å². The van der Waals surface area contributed by atoms with Crippen LogP contribution in [-0.2, 0) is 0 Å². The number of aliphatic hydroxyl groups excluding tert-OH is 1. The molecule has 20 heavy (non-hydrogen) atoms. The van der Waals surface area contributed by atoms with Gasteiger partial charge in [-0.1, -0.05) is 20.8 Å². The Bertz CT molecular complexity index is 285. The summed E-state index contributed by atoms with van der Waals surface area (Å²) in [4.78, 5) is 5.12. The Labute approximate surface area is 125 Å². The van der Waals surface area contributed by atoms with Crippen LogP contribution in [0.2, 0.25) is 0 Å². The number of rotatable bonds is 7. The van der Waals surface area contributed by atoms with Crippen molar-refractivity contribution in [2.75, 3.05) is 32.8 Å². The average molecular weight is 285 g/mol. The number of piperazine rings is 1. The molecule has 1 aliphatic heterocycles. The minimum Gasteiger partial charge on any atom is -0.394 e. The molecular weight excluding hydrogens is 250 g/mol. The molecule has 0 amide bonds. The first-order chi connectivity index (χ1) is 9.31. The molecule has 0 saturated carbocycles. The van der Waals surface area contributed by atoms with Crippen molar-refractivity contribution < 1.29 is 5.11 Å². The monoisotopic (exact) mass is 285 g/mol. The maximum atomic E-state index is 9.72. The van der Waals surface area contributed by atoms with Crippen LogP contribution < -0.4 is 5.32 Å². The molecule has 1 fully saturated rings. The van der Waals surface area contributed by atoms with Crippen LogP contribution in [0.3, 0.4) is 0 Å². The fourth-order valence-electron chi connectivity index (χ4n) is 3.54. The van der Waals surface area contributed by atoms with Gasteiger partial charge in [0.25, 0.3) is 0 Å². The van der Waals surface area contributed by atoms with E-state index in [9.17, 15) is 5.11 Å². The van der Waals surface area contributed by atoms with Gasteiger partial charge in [0.2, 0.25) is 0 Å². The van der Waals surface area contributed by atoms with Crippen LogP contribution in [0.1, 0.15) is 48.0 Å². The van der Waals surface area contributed by atoms with Crippen molar-refractivity contribution in [1.82, 2.24) is 15.1 Å². The van der Waals surface area contributed by atoms with Gasteiger partial charge in [0.1, 0.15) is 0 Å². The Morgan fingerprint density at radius 2 is 1.95 bits per heavy atom. The number of likely N-dealkylation sites (N-methyl/N-ethyl adjacent to an activating group) is 1. The number of hydrogen-bond donors (Lipinski definition) is 2. The van der Waals surface area contributed by atoms with E-state index in [2.05, 4.69) is 56.7 Å². The van der Waals surface area contributed by atoms with Gasteiger partial charge >= 0.3 is 0 Å². The highest BCUT2D eigenvalue weighted by Crippen LogP contribution is 2.20. The van der Waals surface area contributed by atoms with Crippen LogP contribution in [0.25, 0.3) is 0 Å². The average Bonchev–Trinajstić information content (AvgIpc) is 2.37. The quantitative estimate of drug-likeness (QED) is 0.744. The highest BCUT2D eigenvalue weighted by atomic mass is 16.3. The summed E-state index contributed by atoms with van der Waals surface area (Å²) in [5, 5.41) is 13.2. The molecule has 1 rings (SSSR count). The first-order valence-electron chi connectivity index (χ1n) is 8.18. The Morgan fingerprint density at radius 3 is 2.40 bits per heavy atom. The predicted octanol–water partition coefficient (Wildman–Crippen LogP) is 1.54. The van der Waals surface area contributed by atoms with Crippen LogP contribution in [0.5, 0.6) is 0 Å². The van der Waals surface area contributed by atoms with Crippen LogP contribution in [0.4, 0.5) is 0 Å². The normalized spacial score (nSPS) is 26.7. The van der Waals surface area contributed by atoms with E-state index in [1.54, 1.807) is 0 Å². The second-order valence-corrected chi connectivity index (χ2v) is 7.04. The predicted molar refractivity (Wildman–Crippen MR) is 86.1 cm³/mol. The van der Waals surface area contributed by atoms with E-state index < -0.39 is 0 Å². The Kier molecular flexibility index (Phi) is 6.92. The molecule has 1 saturated heterocycles. The van der Waals surface area contributed by atoms with Crippen molar-refractivity contribution in [2.24, 2.45) is 0 Å². The van der Waals surface area contributed by atoms with E-state index >= 15 is 0 Å². The molecular formula is C16H35N3O. The summed E-state index contributed by atoms with van der Waals surface area (Å²) in [5.41, 5.74) is -0.182. The molecule has 1 heterocycles. The van der Waals surface area contributed by atoms with E-state index in [4.69, 9.17) is 0 Å². The van der Waals surface area contributed by atoms with Gasteiger partial charge in [-0.25, -0.2) is 0 Å². The summed E-state index contributed by atoms with van der Waals surface area (Å²) >= 11 is 0. The molecule has 0 aromatic rings. The lowest BCUT2D eigenvalue weighted by Gasteiger charge is -2.44. The largest absolute Gasteiger partial charge is 0.394 e.